The Kier molecular flexibility index (Phi) is 6.05. The average Bonchev–Trinajstić information content (AvgIpc) is 2.47. The molecule has 1 aliphatic heterocycles. The van der Waals surface area contributed by atoms with E-state index in [0.29, 0.717) is 25.5 Å². The molecule has 0 spiro atoms. The Morgan fingerprint density at radius 3 is 2.68 bits per heavy atom. The number of morpholine rings is 1. The van der Waals surface area contributed by atoms with Crippen molar-refractivity contribution in [1.29, 1.82) is 0 Å². The minimum atomic E-state index is -3.61. The predicted molar refractivity (Wildman–Crippen MR) is 85.0 cm³/mol. The monoisotopic (exact) mass is 348 g/mol. The quantitative estimate of drug-likeness (QED) is 0.840. The molecule has 6 nitrogen and oxygen atoms in total. The molecule has 1 heterocycles. The van der Waals surface area contributed by atoms with Crippen LogP contribution in [0.5, 0.6) is 5.75 Å². The maximum absolute atomic E-state index is 12.4. The zero-order chi connectivity index (χ0) is 16.2. The molecule has 2 rings (SSSR count). The second-order valence-corrected chi connectivity index (χ2v) is 7.35. The van der Waals surface area contributed by atoms with E-state index in [2.05, 4.69) is 9.62 Å². The number of methoxy groups -OCH3 is 1. The summed E-state index contributed by atoms with van der Waals surface area (Å²) < 4.78 is 37.7. The second kappa shape index (κ2) is 7.61. The van der Waals surface area contributed by atoms with Crippen molar-refractivity contribution in [1.82, 2.24) is 9.62 Å². The molecule has 0 amide bonds. The van der Waals surface area contributed by atoms with Gasteiger partial charge in [0.05, 0.1) is 30.2 Å². The summed E-state index contributed by atoms with van der Waals surface area (Å²) in [5.41, 5.74) is 0. The molecule has 0 bridgehead atoms. The lowest BCUT2D eigenvalue weighted by Crippen LogP contribution is -2.45. The number of sulfonamides is 1. The van der Waals surface area contributed by atoms with Crippen LogP contribution in [-0.4, -0.2) is 59.3 Å². The van der Waals surface area contributed by atoms with Gasteiger partial charge in [-0.15, -0.1) is 0 Å². The van der Waals surface area contributed by atoms with Gasteiger partial charge in [0.1, 0.15) is 5.75 Å². The predicted octanol–water partition coefficient (Wildman–Crippen LogP) is 1.35. The molecule has 1 fully saturated rings. The number of nitrogens with zero attached hydrogens (tertiary/aromatic N) is 1. The lowest BCUT2D eigenvalue weighted by molar-refractivity contribution is 0.0354. The molecule has 124 valence electrons. The van der Waals surface area contributed by atoms with Crippen LogP contribution in [0.1, 0.15) is 6.92 Å². The lowest BCUT2D eigenvalue weighted by Gasteiger charge is -2.29. The van der Waals surface area contributed by atoms with E-state index in [-0.39, 0.29) is 16.0 Å². The number of benzene rings is 1. The van der Waals surface area contributed by atoms with Crippen molar-refractivity contribution < 1.29 is 17.9 Å². The summed E-state index contributed by atoms with van der Waals surface area (Å²) in [6, 6.07) is 4.21. The Morgan fingerprint density at radius 2 is 2.09 bits per heavy atom. The van der Waals surface area contributed by atoms with Gasteiger partial charge in [0.2, 0.25) is 10.0 Å². The van der Waals surface area contributed by atoms with Gasteiger partial charge in [-0.25, -0.2) is 13.1 Å². The van der Waals surface area contributed by atoms with Crippen LogP contribution in [0.4, 0.5) is 0 Å². The first-order chi connectivity index (χ1) is 10.4. The Balaban J connectivity index is 2.01. The molecule has 8 heteroatoms. The molecule has 0 saturated carbocycles. The molecular formula is C14H21ClN2O4S. The summed E-state index contributed by atoms with van der Waals surface area (Å²) in [6.45, 7) is 5.51. The van der Waals surface area contributed by atoms with Gasteiger partial charge in [-0.3, -0.25) is 4.90 Å². The molecule has 1 saturated heterocycles. The summed E-state index contributed by atoms with van der Waals surface area (Å²) in [4.78, 5) is 2.31. The van der Waals surface area contributed by atoms with Gasteiger partial charge in [0, 0.05) is 25.7 Å². The third-order valence-electron chi connectivity index (χ3n) is 3.43. The SMILES string of the molecule is COc1ccc(S(=O)(=O)N[C@@H](C)CN2CCOCC2)cc1Cl. The van der Waals surface area contributed by atoms with Crippen LogP contribution in [0.25, 0.3) is 0 Å². The minimum Gasteiger partial charge on any atom is -0.495 e. The smallest absolute Gasteiger partial charge is 0.240 e. The highest BCUT2D eigenvalue weighted by Crippen LogP contribution is 2.26. The van der Waals surface area contributed by atoms with Gasteiger partial charge in [-0.05, 0) is 25.1 Å². The van der Waals surface area contributed by atoms with Crippen molar-refractivity contribution in [3.8, 4) is 5.75 Å². The number of nitrogens with one attached hydrogen (secondary N) is 1. The molecule has 1 aromatic carbocycles. The van der Waals surface area contributed by atoms with Crippen LogP contribution in [0, 0.1) is 0 Å². The molecule has 0 unspecified atom stereocenters. The van der Waals surface area contributed by atoms with Crippen molar-refractivity contribution >= 4 is 21.6 Å². The van der Waals surface area contributed by atoms with Crippen molar-refractivity contribution in [2.75, 3.05) is 40.0 Å². The molecule has 22 heavy (non-hydrogen) atoms. The van der Waals surface area contributed by atoms with Gasteiger partial charge in [-0.1, -0.05) is 11.6 Å². The van der Waals surface area contributed by atoms with E-state index in [1.807, 2.05) is 6.92 Å². The molecule has 1 aliphatic rings. The third kappa shape index (κ3) is 4.57. The molecule has 1 N–H and O–H groups in total. The molecule has 0 radical (unpaired) electrons. The summed E-state index contributed by atoms with van der Waals surface area (Å²) >= 11 is 5.99. The molecule has 1 aromatic rings. The fourth-order valence-corrected chi connectivity index (χ4v) is 3.94. The van der Waals surface area contributed by atoms with Crippen molar-refractivity contribution in [2.24, 2.45) is 0 Å². The molecule has 0 aliphatic carbocycles. The van der Waals surface area contributed by atoms with Crippen LogP contribution >= 0.6 is 11.6 Å². The van der Waals surface area contributed by atoms with Gasteiger partial charge >= 0.3 is 0 Å². The Bertz CT molecular complexity index is 603. The molecule has 0 aromatic heterocycles. The average molecular weight is 349 g/mol. The second-order valence-electron chi connectivity index (χ2n) is 5.23. The fourth-order valence-electron chi connectivity index (χ4n) is 2.36. The van der Waals surface area contributed by atoms with E-state index in [1.165, 1.54) is 19.2 Å². The van der Waals surface area contributed by atoms with Crippen molar-refractivity contribution in [3.05, 3.63) is 23.2 Å². The number of halogens is 1. The number of hydrogen-bond donors (Lipinski definition) is 1. The fraction of sp³-hybridized carbons (Fsp3) is 0.571. The van der Waals surface area contributed by atoms with Gasteiger partial charge in [0.15, 0.2) is 0 Å². The summed E-state index contributed by atoms with van der Waals surface area (Å²) in [6.07, 6.45) is 0. The maximum atomic E-state index is 12.4. The zero-order valence-electron chi connectivity index (χ0n) is 12.7. The van der Waals surface area contributed by atoms with Crippen LogP contribution in [0.2, 0.25) is 5.02 Å². The van der Waals surface area contributed by atoms with E-state index < -0.39 is 10.0 Å². The highest BCUT2D eigenvalue weighted by Gasteiger charge is 2.21. The Labute approximate surface area is 136 Å². The van der Waals surface area contributed by atoms with E-state index in [4.69, 9.17) is 21.1 Å². The largest absolute Gasteiger partial charge is 0.495 e. The van der Waals surface area contributed by atoms with Crippen LogP contribution in [-0.2, 0) is 14.8 Å². The first-order valence-corrected chi connectivity index (χ1v) is 8.94. The van der Waals surface area contributed by atoms with Crippen LogP contribution < -0.4 is 9.46 Å². The third-order valence-corrected chi connectivity index (χ3v) is 5.31. The standard InChI is InChI=1S/C14H21ClN2O4S/c1-11(10-17-5-7-21-8-6-17)16-22(18,19)12-3-4-14(20-2)13(15)9-12/h3-4,9,11,16H,5-8,10H2,1-2H3/t11-/m0/s1. The van der Waals surface area contributed by atoms with Crippen molar-refractivity contribution in [3.63, 3.8) is 0 Å². The van der Waals surface area contributed by atoms with Gasteiger partial charge in [-0.2, -0.15) is 0 Å². The van der Waals surface area contributed by atoms with Gasteiger partial charge in [0.25, 0.3) is 0 Å². The highest BCUT2D eigenvalue weighted by molar-refractivity contribution is 7.89. The normalized spacial score (nSPS) is 18.1. The van der Waals surface area contributed by atoms with E-state index >= 15 is 0 Å². The van der Waals surface area contributed by atoms with Gasteiger partial charge < -0.3 is 9.47 Å². The number of ether oxygens (including phenoxy) is 2. The summed E-state index contributed by atoms with van der Waals surface area (Å²) in [5, 5.41) is 0.270. The summed E-state index contributed by atoms with van der Waals surface area (Å²) in [7, 11) is -2.12. The van der Waals surface area contributed by atoms with Crippen LogP contribution in [0.15, 0.2) is 23.1 Å². The first kappa shape index (κ1) is 17.5. The van der Waals surface area contributed by atoms with E-state index in [1.54, 1.807) is 6.07 Å². The minimum absolute atomic E-state index is 0.132. The topological polar surface area (TPSA) is 67.9 Å². The number of rotatable bonds is 6. The number of hydrogen-bond acceptors (Lipinski definition) is 5. The summed E-state index contributed by atoms with van der Waals surface area (Å²) in [5.74, 6) is 0.446. The lowest BCUT2D eigenvalue weighted by atomic mass is 10.3. The maximum Gasteiger partial charge on any atom is 0.240 e. The first-order valence-electron chi connectivity index (χ1n) is 7.08. The van der Waals surface area contributed by atoms with E-state index in [0.717, 1.165) is 13.1 Å². The molecular weight excluding hydrogens is 328 g/mol. The Morgan fingerprint density at radius 1 is 1.41 bits per heavy atom. The van der Waals surface area contributed by atoms with E-state index in [9.17, 15) is 8.42 Å². The van der Waals surface area contributed by atoms with Crippen molar-refractivity contribution in [2.45, 2.75) is 17.9 Å². The zero-order valence-corrected chi connectivity index (χ0v) is 14.3. The Hall–Kier alpha value is -0.860. The molecule has 1 atom stereocenters. The highest BCUT2D eigenvalue weighted by atomic mass is 35.5. The van der Waals surface area contributed by atoms with Crippen LogP contribution in [0.3, 0.4) is 0 Å².